The SMILES string of the molecule is CCCNCc1cnc(N2CCC(C(C)C)C2)c(C)c1. The molecule has 0 aliphatic carbocycles. The minimum atomic E-state index is 0.776. The number of rotatable bonds is 6. The second-order valence-corrected chi connectivity index (χ2v) is 6.40. The Kier molecular flexibility index (Phi) is 5.41. The highest BCUT2D eigenvalue weighted by molar-refractivity contribution is 5.48. The standard InChI is InChI=1S/C17H29N3/c1-5-7-18-10-15-9-14(4)17(19-11-15)20-8-6-16(12-20)13(2)3/h9,11,13,16,18H,5-8,10,12H2,1-4H3. The molecule has 0 amide bonds. The second-order valence-electron chi connectivity index (χ2n) is 6.40. The molecule has 0 aromatic carbocycles. The average Bonchev–Trinajstić information content (AvgIpc) is 2.89. The molecule has 2 rings (SSSR count). The average molecular weight is 275 g/mol. The van der Waals surface area contributed by atoms with Crippen molar-refractivity contribution in [3.8, 4) is 0 Å². The Labute approximate surface area is 123 Å². The first-order chi connectivity index (χ1) is 9.61. The maximum Gasteiger partial charge on any atom is 0.131 e. The summed E-state index contributed by atoms with van der Waals surface area (Å²) < 4.78 is 0. The maximum atomic E-state index is 4.72. The van der Waals surface area contributed by atoms with Crippen LogP contribution in [-0.4, -0.2) is 24.6 Å². The van der Waals surface area contributed by atoms with Crippen molar-refractivity contribution >= 4 is 5.82 Å². The Balaban J connectivity index is 1.99. The van der Waals surface area contributed by atoms with Gasteiger partial charge in [0.2, 0.25) is 0 Å². The highest BCUT2D eigenvalue weighted by Gasteiger charge is 2.26. The van der Waals surface area contributed by atoms with Gasteiger partial charge in [-0.25, -0.2) is 4.98 Å². The zero-order chi connectivity index (χ0) is 14.5. The molecule has 20 heavy (non-hydrogen) atoms. The molecule has 0 bridgehead atoms. The van der Waals surface area contributed by atoms with Crippen molar-refractivity contribution in [2.75, 3.05) is 24.5 Å². The van der Waals surface area contributed by atoms with E-state index in [0.717, 1.165) is 31.5 Å². The minimum absolute atomic E-state index is 0.776. The third-order valence-electron chi connectivity index (χ3n) is 4.33. The van der Waals surface area contributed by atoms with Crippen LogP contribution in [0.1, 0.15) is 44.7 Å². The zero-order valence-electron chi connectivity index (χ0n) is 13.4. The quantitative estimate of drug-likeness (QED) is 0.807. The lowest BCUT2D eigenvalue weighted by molar-refractivity contribution is 0.422. The van der Waals surface area contributed by atoms with Gasteiger partial charge in [-0.15, -0.1) is 0 Å². The van der Waals surface area contributed by atoms with E-state index in [1.165, 1.54) is 36.3 Å². The summed E-state index contributed by atoms with van der Waals surface area (Å²) in [5, 5.41) is 3.44. The van der Waals surface area contributed by atoms with Crippen molar-refractivity contribution in [2.45, 2.75) is 47.1 Å². The fourth-order valence-electron chi connectivity index (χ4n) is 2.99. The third-order valence-corrected chi connectivity index (χ3v) is 4.33. The van der Waals surface area contributed by atoms with Crippen LogP contribution in [0.15, 0.2) is 12.3 Å². The van der Waals surface area contributed by atoms with E-state index in [0.29, 0.717) is 0 Å². The predicted molar refractivity (Wildman–Crippen MR) is 86.1 cm³/mol. The van der Waals surface area contributed by atoms with Gasteiger partial charge in [-0.2, -0.15) is 0 Å². The molecule has 0 spiro atoms. The molecule has 0 radical (unpaired) electrons. The summed E-state index contributed by atoms with van der Waals surface area (Å²) >= 11 is 0. The van der Waals surface area contributed by atoms with E-state index >= 15 is 0 Å². The van der Waals surface area contributed by atoms with E-state index in [2.05, 4.69) is 44.0 Å². The maximum absolute atomic E-state index is 4.72. The molecule has 1 unspecified atom stereocenters. The highest BCUT2D eigenvalue weighted by Crippen LogP contribution is 2.29. The van der Waals surface area contributed by atoms with Crippen LogP contribution in [0.5, 0.6) is 0 Å². The normalized spacial score (nSPS) is 19.1. The summed E-state index contributed by atoms with van der Waals surface area (Å²) in [5.74, 6) is 2.78. The van der Waals surface area contributed by atoms with Crippen LogP contribution in [0.3, 0.4) is 0 Å². The van der Waals surface area contributed by atoms with E-state index in [-0.39, 0.29) is 0 Å². The summed E-state index contributed by atoms with van der Waals surface area (Å²) in [6.45, 7) is 13.4. The van der Waals surface area contributed by atoms with E-state index in [9.17, 15) is 0 Å². The first-order valence-corrected chi connectivity index (χ1v) is 8.03. The zero-order valence-corrected chi connectivity index (χ0v) is 13.4. The molecule has 1 aliphatic rings. The molecule has 1 atom stereocenters. The van der Waals surface area contributed by atoms with Gasteiger partial charge in [-0.3, -0.25) is 0 Å². The number of aryl methyl sites for hydroxylation is 1. The number of hydrogen-bond acceptors (Lipinski definition) is 3. The first kappa shape index (κ1) is 15.3. The van der Waals surface area contributed by atoms with Gasteiger partial charge < -0.3 is 10.2 Å². The smallest absolute Gasteiger partial charge is 0.131 e. The summed E-state index contributed by atoms with van der Waals surface area (Å²) in [5.41, 5.74) is 2.60. The fourth-order valence-corrected chi connectivity index (χ4v) is 2.99. The fraction of sp³-hybridized carbons (Fsp3) is 0.706. The van der Waals surface area contributed by atoms with Gasteiger partial charge in [0.1, 0.15) is 5.82 Å². The van der Waals surface area contributed by atoms with Gasteiger partial charge >= 0.3 is 0 Å². The van der Waals surface area contributed by atoms with Gasteiger partial charge in [0.05, 0.1) is 0 Å². The Morgan fingerprint density at radius 2 is 2.25 bits per heavy atom. The number of anilines is 1. The molecule has 2 heterocycles. The summed E-state index contributed by atoms with van der Waals surface area (Å²) in [7, 11) is 0. The van der Waals surface area contributed by atoms with Crippen LogP contribution in [0.2, 0.25) is 0 Å². The molecule has 1 N–H and O–H groups in total. The lowest BCUT2D eigenvalue weighted by atomic mass is 9.95. The lowest BCUT2D eigenvalue weighted by Crippen LogP contribution is -2.23. The van der Waals surface area contributed by atoms with Crippen molar-refractivity contribution in [1.82, 2.24) is 10.3 Å². The van der Waals surface area contributed by atoms with Gasteiger partial charge in [0, 0.05) is 25.8 Å². The monoisotopic (exact) mass is 275 g/mol. The van der Waals surface area contributed by atoms with E-state index in [1.54, 1.807) is 0 Å². The van der Waals surface area contributed by atoms with Gasteiger partial charge in [-0.1, -0.05) is 20.8 Å². The molecule has 3 nitrogen and oxygen atoms in total. The van der Waals surface area contributed by atoms with Crippen LogP contribution in [0.25, 0.3) is 0 Å². The van der Waals surface area contributed by atoms with Crippen LogP contribution >= 0.6 is 0 Å². The number of nitrogens with one attached hydrogen (secondary N) is 1. The summed E-state index contributed by atoms with van der Waals surface area (Å²) in [6, 6.07) is 2.29. The second kappa shape index (κ2) is 7.07. The van der Waals surface area contributed by atoms with Crippen LogP contribution in [0.4, 0.5) is 5.82 Å². The Morgan fingerprint density at radius 1 is 1.45 bits per heavy atom. The Morgan fingerprint density at radius 3 is 2.85 bits per heavy atom. The molecular formula is C17H29N3. The third kappa shape index (κ3) is 3.72. The molecule has 3 heteroatoms. The Bertz CT molecular complexity index is 428. The van der Waals surface area contributed by atoms with E-state index < -0.39 is 0 Å². The van der Waals surface area contributed by atoms with Crippen molar-refractivity contribution in [1.29, 1.82) is 0 Å². The molecule has 0 saturated carbocycles. The first-order valence-electron chi connectivity index (χ1n) is 8.03. The van der Waals surface area contributed by atoms with E-state index in [4.69, 9.17) is 4.98 Å². The number of pyridine rings is 1. The molecule has 1 aliphatic heterocycles. The van der Waals surface area contributed by atoms with Crippen molar-refractivity contribution in [2.24, 2.45) is 11.8 Å². The molecule has 1 aromatic rings. The molecule has 1 fully saturated rings. The van der Waals surface area contributed by atoms with E-state index in [1.807, 2.05) is 6.20 Å². The number of aromatic nitrogens is 1. The summed E-state index contributed by atoms with van der Waals surface area (Å²) in [4.78, 5) is 7.18. The van der Waals surface area contributed by atoms with Crippen molar-refractivity contribution in [3.63, 3.8) is 0 Å². The highest BCUT2D eigenvalue weighted by atomic mass is 15.2. The lowest BCUT2D eigenvalue weighted by Gasteiger charge is -2.21. The largest absolute Gasteiger partial charge is 0.356 e. The van der Waals surface area contributed by atoms with Gasteiger partial charge in [0.15, 0.2) is 0 Å². The van der Waals surface area contributed by atoms with Crippen molar-refractivity contribution < 1.29 is 0 Å². The number of nitrogens with zero attached hydrogens (tertiary/aromatic N) is 2. The van der Waals surface area contributed by atoms with Crippen LogP contribution < -0.4 is 10.2 Å². The van der Waals surface area contributed by atoms with Crippen LogP contribution in [0, 0.1) is 18.8 Å². The minimum Gasteiger partial charge on any atom is -0.356 e. The summed E-state index contributed by atoms with van der Waals surface area (Å²) in [6.07, 6.45) is 4.52. The predicted octanol–water partition coefficient (Wildman–Crippen LogP) is 3.37. The molecular weight excluding hydrogens is 246 g/mol. The molecule has 1 saturated heterocycles. The van der Waals surface area contributed by atoms with Crippen LogP contribution in [-0.2, 0) is 6.54 Å². The van der Waals surface area contributed by atoms with Crippen molar-refractivity contribution in [3.05, 3.63) is 23.4 Å². The molecule has 1 aromatic heterocycles. The number of hydrogen-bond donors (Lipinski definition) is 1. The van der Waals surface area contributed by atoms with Gasteiger partial charge in [0.25, 0.3) is 0 Å². The van der Waals surface area contributed by atoms with Gasteiger partial charge in [-0.05, 0) is 55.3 Å². The molecule has 112 valence electrons. The topological polar surface area (TPSA) is 28.2 Å². The Hall–Kier alpha value is -1.09.